The lowest BCUT2D eigenvalue weighted by molar-refractivity contribution is -0.385. The van der Waals surface area contributed by atoms with Crippen LogP contribution in [0.15, 0.2) is 18.2 Å². The number of nitro benzene ring substituents is 1. The van der Waals surface area contributed by atoms with Gasteiger partial charge in [-0.15, -0.1) is 0 Å². The molecule has 0 saturated heterocycles. The van der Waals surface area contributed by atoms with E-state index in [1.54, 1.807) is 13.8 Å². The first-order chi connectivity index (χ1) is 8.27. The van der Waals surface area contributed by atoms with Gasteiger partial charge in [0.25, 0.3) is 0 Å². The lowest BCUT2D eigenvalue weighted by Crippen LogP contribution is -2.01. The van der Waals surface area contributed by atoms with Crippen LogP contribution in [0.1, 0.15) is 19.4 Å². The molecule has 100 valence electrons. The van der Waals surface area contributed by atoms with E-state index in [1.807, 2.05) is 0 Å². The van der Waals surface area contributed by atoms with E-state index in [0.717, 1.165) is 0 Å². The Hall–Kier alpha value is -1.39. The summed E-state index contributed by atoms with van der Waals surface area (Å²) in [6.45, 7) is 3.34. The van der Waals surface area contributed by atoms with E-state index in [-0.39, 0.29) is 23.3 Å². The van der Waals surface area contributed by atoms with Gasteiger partial charge in [-0.25, -0.2) is 0 Å². The van der Waals surface area contributed by atoms with Gasteiger partial charge in [-0.3, -0.25) is 14.7 Å². The topological polar surface area (TPSA) is 89.7 Å². The maximum atomic E-state index is 11.9. The van der Waals surface area contributed by atoms with Crippen molar-refractivity contribution in [2.45, 2.75) is 25.7 Å². The summed E-state index contributed by atoms with van der Waals surface area (Å²) in [6, 6.07) is 4.20. The van der Waals surface area contributed by atoms with E-state index in [9.17, 15) is 19.6 Å². The number of nitrogens with zero attached hydrogens (tertiary/aromatic N) is 1. The van der Waals surface area contributed by atoms with Gasteiger partial charge in [-0.1, -0.05) is 19.9 Å². The lowest BCUT2D eigenvalue weighted by Gasteiger charge is -2.15. The fraction of sp³-hybridized carbons (Fsp3) is 0.455. The van der Waals surface area contributed by atoms with Crippen molar-refractivity contribution < 1.29 is 19.1 Å². The molecule has 1 N–H and O–H groups in total. The molecule has 0 amide bonds. The minimum Gasteiger partial charge on any atom is -0.490 e. The predicted octanol–water partition coefficient (Wildman–Crippen LogP) is 2.78. The van der Waals surface area contributed by atoms with Crippen LogP contribution < -0.4 is 4.74 Å². The molecule has 0 aliphatic rings. The molecule has 0 heterocycles. The van der Waals surface area contributed by atoms with Crippen molar-refractivity contribution in [2.75, 3.05) is 7.11 Å². The van der Waals surface area contributed by atoms with Crippen molar-refractivity contribution in [2.24, 2.45) is 0 Å². The molecule has 1 aromatic rings. The number of hydrogen-bond donors (Lipinski definition) is 1. The standard InChI is InChI=1S/C11H16NO5P/c1-8(2)18(15,16)7-9-4-5-10(12(13)14)11(6-9)17-3/h4-6,8H,7H2,1-3H3,(H,15,16). The fourth-order valence-corrected chi connectivity index (χ4v) is 2.50. The molecular formula is C11H16NO5P. The first-order valence-electron chi connectivity index (χ1n) is 5.40. The summed E-state index contributed by atoms with van der Waals surface area (Å²) in [5, 5.41) is 10.7. The third-order valence-corrected chi connectivity index (χ3v) is 5.09. The molecule has 18 heavy (non-hydrogen) atoms. The maximum Gasteiger partial charge on any atom is 0.310 e. The molecule has 6 nitrogen and oxygen atoms in total. The molecule has 1 unspecified atom stereocenters. The summed E-state index contributed by atoms with van der Waals surface area (Å²) in [4.78, 5) is 19.9. The first-order valence-corrected chi connectivity index (χ1v) is 7.32. The van der Waals surface area contributed by atoms with Crippen LogP contribution in [0.5, 0.6) is 5.75 Å². The highest BCUT2D eigenvalue weighted by atomic mass is 31.2. The van der Waals surface area contributed by atoms with Crippen molar-refractivity contribution in [3.63, 3.8) is 0 Å². The molecule has 7 heteroatoms. The van der Waals surface area contributed by atoms with Crippen molar-refractivity contribution in [1.82, 2.24) is 0 Å². The number of methoxy groups -OCH3 is 1. The molecule has 1 aromatic carbocycles. The molecule has 0 radical (unpaired) electrons. The molecular weight excluding hydrogens is 257 g/mol. The quantitative estimate of drug-likeness (QED) is 0.506. The summed E-state index contributed by atoms with van der Waals surface area (Å²) in [5.41, 5.74) is 0.0502. The Balaban J connectivity index is 3.07. The highest BCUT2D eigenvalue weighted by Gasteiger charge is 2.25. The molecule has 0 aliphatic carbocycles. The average molecular weight is 273 g/mol. The summed E-state index contributed by atoms with van der Waals surface area (Å²) in [5.74, 6) is 0.0984. The number of rotatable bonds is 5. The van der Waals surface area contributed by atoms with Crippen LogP contribution in [0.4, 0.5) is 5.69 Å². The smallest absolute Gasteiger partial charge is 0.310 e. The molecule has 1 rings (SSSR count). The van der Waals surface area contributed by atoms with Crippen LogP contribution in [0.2, 0.25) is 0 Å². The van der Waals surface area contributed by atoms with Crippen molar-refractivity contribution in [1.29, 1.82) is 0 Å². The third kappa shape index (κ3) is 3.31. The zero-order valence-electron chi connectivity index (χ0n) is 10.5. The molecule has 0 aromatic heterocycles. The number of ether oxygens (including phenoxy) is 1. The van der Waals surface area contributed by atoms with E-state index in [1.165, 1.54) is 25.3 Å². The highest BCUT2D eigenvalue weighted by Crippen LogP contribution is 2.49. The van der Waals surface area contributed by atoms with E-state index in [0.29, 0.717) is 5.56 Å². The molecule has 0 fully saturated rings. The van der Waals surface area contributed by atoms with E-state index < -0.39 is 12.3 Å². The maximum absolute atomic E-state index is 11.9. The van der Waals surface area contributed by atoms with Gasteiger partial charge in [0.15, 0.2) is 5.75 Å². The van der Waals surface area contributed by atoms with Crippen LogP contribution in [0.3, 0.4) is 0 Å². The Kier molecular flexibility index (Phi) is 4.48. The van der Waals surface area contributed by atoms with Gasteiger partial charge in [0.2, 0.25) is 7.37 Å². The average Bonchev–Trinajstić information content (AvgIpc) is 2.27. The summed E-state index contributed by atoms with van der Waals surface area (Å²) in [6.07, 6.45) is -0.0149. The van der Waals surface area contributed by atoms with Crippen molar-refractivity contribution >= 4 is 13.1 Å². The molecule has 0 aliphatic heterocycles. The lowest BCUT2D eigenvalue weighted by atomic mass is 10.2. The van der Waals surface area contributed by atoms with Crippen LogP contribution in [-0.2, 0) is 10.7 Å². The second-order valence-electron chi connectivity index (χ2n) is 4.27. The van der Waals surface area contributed by atoms with Crippen LogP contribution in [0.25, 0.3) is 0 Å². The molecule has 0 saturated carbocycles. The molecule has 0 spiro atoms. The zero-order valence-corrected chi connectivity index (χ0v) is 11.4. The third-order valence-electron chi connectivity index (χ3n) is 2.66. The molecule has 1 atom stereocenters. The Morgan fingerprint density at radius 1 is 1.50 bits per heavy atom. The highest BCUT2D eigenvalue weighted by molar-refractivity contribution is 7.57. The number of benzene rings is 1. The van der Waals surface area contributed by atoms with Crippen molar-refractivity contribution in [3.05, 3.63) is 33.9 Å². The summed E-state index contributed by atoms with van der Waals surface area (Å²) in [7, 11) is -1.95. The van der Waals surface area contributed by atoms with Crippen LogP contribution in [0, 0.1) is 10.1 Å². The Bertz CT molecular complexity index is 500. The van der Waals surface area contributed by atoms with Crippen LogP contribution in [-0.4, -0.2) is 22.6 Å². The van der Waals surface area contributed by atoms with Gasteiger partial charge in [0, 0.05) is 17.9 Å². The Morgan fingerprint density at radius 3 is 2.56 bits per heavy atom. The van der Waals surface area contributed by atoms with Crippen LogP contribution >= 0.6 is 7.37 Å². The van der Waals surface area contributed by atoms with E-state index >= 15 is 0 Å². The minimum atomic E-state index is -3.28. The molecule has 0 bridgehead atoms. The zero-order chi connectivity index (χ0) is 13.9. The Labute approximate surface area is 105 Å². The van der Waals surface area contributed by atoms with Gasteiger partial charge >= 0.3 is 5.69 Å². The normalized spacial score (nSPS) is 14.3. The van der Waals surface area contributed by atoms with Gasteiger partial charge < -0.3 is 9.63 Å². The minimum absolute atomic E-state index is 0.0149. The largest absolute Gasteiger partial charge is 0.490 e. The second-order valence-corrected chi connectivity index (χ2v) is 7.13. The van der Waals surface area contributed by atoms with Gasteiger partial charge in [-0.2, -0.15) is 0 Å². The summed E-state index contributed by atoms with van der Waals surface area (Å²) < 4.78 is 16.8. The second kappa shape index (κ2) is 5.50. The predicted molar refractivity (Wildman–Crippen MR) is 68.3 cm³/mol. The number of nitro groups is 1. The monoisotopic (exact) mass is 273 g/mol. The van der Waals surface area contributed by atoms with Crippen molar-refractivity contribution in [3.8, 4) is 5.75 Å². The first kappa shape index (κ1) is 14.7. The van der Waals surface area contributed by atoms with E-state index in [4.69, 9.17) is 4.74 Å². The fourth-order valence-electron chi connectivity index (χ4n) is 1.42. The van der Waals surface area contributed by atoms with Gasteiger partial charge in [-0.05, 0) is 11.6 Å². The van der Waals surface area contributed by atoms with E-state index in [2.05, 4.69) is 0 Å². The van der Waals surface area contributed by atoms with Gasteiger partial charge in [0.1, 0.15) is 0 Å². The summed E-state index contributed by atoms with van der Waals surface area (Å²) >= 11 is 0. The SMILES string of the molecule is COc1cc(CP(=O)(O)C(C)C)ccc1[N+](=O)[O-]. The number of hydrogen-bond acceptors (Lipinski definition) is 4. The van der Waals surface area contributed by atoms with Gasteiger partial charge in [0.05, 0.1) is 12.0 Å². The Morgan fingerprint density at radius 2 is 2.11 bits per heavy atom.